The van der Waals surface area contributed by atoms with E-state index in [9.17, 15) is 4.79 Å². The van der Waals surface area contributed by atoms with E-state index in [-0.39, 0.29) is 12.3 Å². The van der Waals surface area contributed by atoms with Crippen LogP contribution in [0, 0.1) is 0 Å². The first-order valence-corrected chi connectivity index (χ1v) is 11.2. The number of halogens is 1. The van der Waals surface area contributed by atoms with Gasteiger partial charge < -0.3 is 9.15 Å². The monoisotopic (exact) mass is 465 g/mol. The summed E-state index contributed by atoms with van der Waals surface area (Å²) in [5, 5.41) is 5.30. The first kappa shape index (κ1) is 21.9. The summed E-state index contributed by atoms with van der Waals surface area (Å²) in [4.78, 5) is 16.6. The molecule has 8 heteroatoms. The Bertz CT molecular complexity index is 1220. The molecule has 0 aliphatic rings. The number of hydrogen-bond donors (Lipinski definition) is 1. The zero-order valence-electron chi connectivity index (χ0n) is 17.2. The van der Waals surface area contributed by atoms with Crippen molar-refractivity contribution in [2.75, 3.05) is 7.11 Å². The van der Waals surface area contributed by atoms with E-state index in [1.165, 1.54) is 11.8 Å². The van der Waals surface area contributed by atoms with Crippen LogP contribution in [0.25, 0.3) is 11.1 Å². The Kier molecular flexibility index (Phi) is 7.09. The maximum atomic E-state index is 12.1. The minimum atomic E-state index is -0.205. The number of fused-ring (bicyclic) bond motifs is 1. The second-order valence-corrected chi connectivity index (χ2v) is 8.27. The number of rotatable bonds is 8. The fourth-order valence-corrected chi connectivity index (χ4v) is 3.99. The van der Waals surface area contributed by atoms with Gasteiger partial charge in [0, 0.05) is 16.3 Å². The summed E-state index contributed by atoms with van der Waals surface area (Å²) in [5.74, 6) is 1.17. The highest BCUT2D eigenvalue weighted by Gasteiger charge is 2.10. The number of carbonyl (C=O) groups is 1. The summed E-state index contributed by atoms with van der Waals surface area (Å²) in [5.41, 5.74) is 6.82. The highest BCUT2D eigenvalue weighted by Crippen LogP contribution is 2.30. The van der Waals surface area contributed by atoms with Crippen LogP contribution in [0.1, 0.15) is 16.7 Å². The van der Waals surface area contributed by atoms with E-state index in [0.29, 0.717) is 16.0 Å². The molecule has 1 N–H and O–H groups in total. The molecule has 0 aliphatic heterocycles. The third kappa shape index (κ3) is 5.69. The van der Waals surface area contributed by atoms with Gasteiger partial charge in [0.2, 0.25) is 5.91 Å². The SMILES string of the molecule is COc1ccc(/C=N\NC(=O)Cc2ccc(Cl)cc2)cc1CSc1nc2ccccc2o1. The quantitative estimate of drug-likeness (QED) is 0.212. The second-order valence-electron chi connectivity index (χ2n) is 6.90. The van der Waals surface area contributed by atoms with E-state index in [4.69, 9.17) is 20.8 Å². The van der Waals surface area contributed by atoms with E-state index < -0.39 is 0 Å². The molecule has 0 bridgehead atoms. The molecule has 0 unspecified atom stereocenters. The number of benzene rings is 3. The van der Waals surface area contributed by atoms with Crippen molar-refractivity contribution in [1.29, 1.82) is 0 Å². The van der Waals surface area contributed by atoms with Gasteiger partial charge in [0.25, 0.3) is 5.22 Å². The molecule has 1 aromatic heterocycles. The van der Waals surface area contributed by atoms with Crippen LogP contribution in [0.2, 0.25) is 5.02 Å². The van der Waals surface area contributed by atoms with Gasteiger partial charge in [-0.05, 0) is 53.6 Å². The Morgan fingerprint density at radius 2 is 2.00 bits per heavy atom. The number of ether oxygens (including phenoxy) is 1. The van der Waals surface area contributed by atoms with Crippen molar-refractivity contribution >= 4 is 46.6 Å². The summed E-state index contributed by atoms with van der Waals surface area (Å²) in [6.07, 6.45) is 1.83. The minimum Gasteiger partial charge on any atom is -0.496 e. The number of carbonyl (C=O) groups excluding carboxylic acids is 1. The van der Waals surface area contributed by atoms with Crippen molar-refractivity contribution < 1.29 is 13.9 Å². The number of methoxy groups -OCH3 is 1. The number of hydrazone groups is 1. The molecule has 0 aliphatic carbocycles. The maximum absolute atomic E-state index is 12.1. The Labute approximate surface area is 194 Å². The predicted octanol–water partition coefficient (Wildman–Crippen LogP) is 5.47. The lowest BCUT2D eigenvalue weighted by Crippen LogP contribution is -2.19. The Morgan fingerprint density at radius 3 is 2.78 bits per heavy atom. The molecular weight excluding hydrogens is 446 g/mol. The van der Waals surface area contributed by atoms with Crippen LogP contribution in [0.5, 0.6) is 5.75 Å². The molecule has 0 radical (unpaired) electrons. The molecule has 6 nitrogen and oxygen atoms in total. The number of oxazole rings is 1. The van der Waals surface area contributed by atoms with Gasteiger partial charge >= 0.3 is 0 Å². The van der Waals surface area contributed by atoms with Crippen LogP contribution in [-0.2, 0) is 17.0 Å². The van der Waals surface area contributed by atoms with Gasteiger partial charge in [-0.2, -0.15) is 5.10 Å². The molecular formula is C24H20ClN3O3S. The van der Waals surface area contributed by atoms with E-state index in [1.54, 1.807) is 25.5 Å². The molecule has 162 valence electrons. The highest BCUT2D eigenvalue weighted by molar-refractivity contribution is 7.98. The summed E-state index contributed by atoms with van der Waals surface area (Å²) < 4.78 is 11.2. The van der Waals surface area contributed by atoms with Gasteiger partial charge in [-0.15, -0.1) is 0 Å². The number of aromatic nitrogens is 1. The minimum absolute atomic E-state index is 0.205. The van der Waals surface area contributed by atoms with Gasteiger partial charge in [0.15, 0.2) is 5.58 Å². The van der Waals surface area contributed by atoms with Crippen molar-refractivity contribution in [1.82, 2.24) is 10.4 Å². The molecule has 0 atom stereocenters. The smallest absolute Gasteiger partial charge is 0.257 e. The summed E-state index contributed by atoms with van der Waals surface area (Å²) in [6.45, 7) is 0. The van der Waals surface area contributed by atoms with Gasteiger partial charge in [-0.25, -0.2) is 10.4 Å². The summed E-state index contributed by atoms with van der Waals surface area (Å²) in [7, 11) is 1.63. The van der Waals surface area contributed by atoms with Crippen molar-refractivity contribution in [3.05, 3.63) is 88.4 Å². The van der Waals surface area contributed by atoms with Crippen LogP contribution in [0.4, 0.5) is 0 Å². The second kappa shape index (κ2) is 10.3. The Hall–Kier alpha value is -3.29. The van der Waals surface area contributed by atoms with Gasteiger partial charge in [0.1, 0.15) is 11.3 Å². The molecule has 0 saturated heterocycles. The van der Waals surface area contributed by atoms with Crippen molar-refractivity contribution in [3.8, 4) is 5.75 Å². The average Bonchev–Trinajstić information content (AvgIpc) is 3.22. The van der Waals surface area contributed by atoms with Crippen LogP contribution < -0.4 is 10.2 Å². The third-order valence-corrected chi connectivity index (χ3v) is 5.74. The largest absolute Gasteiger partial charge is 0.496 e. The van der Waals surface area contributed by atoms with Crippen LogP contribution >= 0.6 is 23.4 Å². The van der Waals surface area contributed by atoms with E-state index >= 15 is 0 Å². The molecule has 1 heterocycles. The van der Waals surface area contributed by atoms with E-state index in [1.807, 2.05) is 54.6 Å². The molecule has 4 rings (SSSR count). The molecule has 1 amide bonds. The van der Waals surface area contributed by atoms with Crippen molar-refractivity contribution in [2.45, 2.75) is 17.4 Å². The predicted molar refractivity (Wildman–Crippen MR) is 127 cm³/mol. The topological polar surface area (TPSA) is 76.7 Å². The molecule has 0 saturated carbocycles. The zero-order valence-corrected chi connectivity index (χ0v) is 18.8. The molecule has 0 spiro atoms. The van der Waals surface area contributed by atoms with E-state index in [2.05, 4.69) is 15.5 Å². The molecule has 4 aromatic rings. The van der Waals surface area contributed by atoms with Gasteiger partial charge in [0.05, 0.1) is 19.7 Å². The number of nitrogens with zero attached hydrogens (tertiary/aromatic N) is 2. The Morgan fingerprint density at radius 1 is 1.19 bits per heavy atom. The fraction of sp³-hybridized carbons (Fsp3) is 0.125. The lowest BCUT2D eigenvalue weighted by atomic mass is 10.1. The summed E-state index contributed by atoms with van der Waals surface area (Å²) >= 11 is 7.35. The molecule has 32 heavy (non-hydrogen) atoms. The van der Waals surface area contributed by atoms with Crippen LogP contribution in [0.3, 0.4) is 0 Å². The van der Waals surface area contributed by atoms with Gasteiger partial charge in [-0.1, -0.05) is 47.6 Å². The van der Waals surface area contributed by atoms with Crippen LogP contribution in [0.15, 0.2) is 81.5 Å². The average molecular weight is 466 g/mol. The lowest BCUT2D eigenvalue weighted by molar-refractivity contribution is -0.120. The first-order chi connectivity index (χ1) is 15.6. The molecule has 3 aromatic carbocycles. The number of nitrogens with one attached hydrogen (secondary N) is 1. The third-order valence-electron chi connectivity index (χ3n) is 4.61. The number of hydrogen-bond acceptors (Lipinski definition) is 6. The number of thioether (sulfide) groups is 1. The summed E-state index contributed by atoms with van der Waals surface area (Å²) in [6, 6.07) is 20.5. The fourth-order valence-electron chi connectivity index (χ4n) is 3.05. The number of amides is 1. The lowest BCUT2D eigenvalue weighted by Gasteiger charge is -2.08. The normalized spacial score (nSPS) is 11.2. The van der Waals surface area contributed by atoms with E-state index in [0.717, 1.165) is 33.5 Å². The van der Waals surface area contributed by atoms with Gasteiger partial charge in [-0.3, -0.25) is 4.79 Å². The highest BCUT2D eigenvalue weighted by atomic mass is 35.5. The van der Waals surface area contributed by atoms with Crippen molar-refractivity contribution in [2.24, 2.45) is 5.10 Å². The zero-order chi connectivity index (χ0) is 22.3. The maximum Gasteiger partial charge on any atom is 0.257 e. The molecule has 0 fully saturated rings. The van der Waals surface area contributed by atoms with Crippen LogP contribution in [-0.4, -0.2) is 24.2 Å². The Balaban J connectivity index is 1.38. The number of para-hydroxylation sites is 2. The first-order valence-electron chi connectivity index (χ1n) is 9.82. The van der Waals surface area contributed by atoms with Crippen molar-refractivity contribution in [3.63, 3.8) is 0 Å². The standard InChI is InChI=1S/C24H20ClN3O3S/c1-30-21-11-8-17(14-26-28-23(29)13-16-6-9-19(25)10-7-16)12-18(21)15-32-24-27-20-4-2-3-5-22(20)31-24/h2-12,14H,13,15H2,1H3,(H,28,29)/b26-14-.